The summed E-state index contributed by atoms with van der Waals surface area (Å²) in [4.78, 5) is 19.8. The Labute approximate surface area is 113 Å². The number of pyridine rings is 2. The van der Waals surface area contributed by atoms with E-state index in [0.29, 0.717) is 12.0 Å². The fraction of sp³-hybridized carbons (Fsp3) is 0.214. The van der Waals surface area contributed by atoms with Gasteiger partial charge in [0.25, 0.3) is 0 Å². The van der Waals surface area contributed by atoms with Crippen LogP contribution in [-0.4, -0.2) is 15.8 Å². The van der Waals surface area contributed by atoms with Crippen molar-refractivity contribution in [1.82, 2.24) is 9.97 Å². The monoisotopic (exact) mass is 280 g/mol. The van der Waals surface area contributed by atoms with E-state index < -0.39 is 23.1 Å². The van der Waals surface area contributed by atoms with E-state index in [0.717, 1.165) is 18.5 Å². The molecule has 2 aromatic heterocycles. The molecule has 6 heteroatoms. The molecule has 0 saturated heterocycles. The van der Waals surface area contributed by atoms with E-state index in [-0.39, 0.29) is 5.56 Å². The molecular weight excluding hydrogens is 269 g/mol. The van der Waals surface area contributed by atoms with Gasteiger partial charge in [0.15, 0.2) is 5.78 Å². The molecule has 0 aliphatic heterocycles. The van der Waals surface area contributed by atoms with Crippen LogP contribution < -0.4 is 0 Å². The molecule has 0 bridgehead atoms. The number of carbonyl (C=O) groups excluding carboxylic acids is 1. The molecule has 0 unspecified atom stereocenters. The maximum atomic E-state index is 12.9. The van der Waals surface area contributed by atoms with Gasteiger partial charge in [0.05, 0.1) is 11.1 Å². The van der Waals surface area contributed by atoms with Crippen LogP contribution in [0.5, 0.6) is 0 Å². The minimum atomic E-state index is -4.59. The summed E-state index contributed by atoms with van der Waals surface area (Å²) in [6.45, 7) is 1.81. The summed E-state index contributed by atoms with van der Waals surface area (Å²) in [5.41, 5.74) is -0.590. The number of aromatic nitrogens is 2. The summed E-state index contributed by atoms with van der Waals surface area (Å²) in [6, 6.07) is 2.23. The molecule has 2 rings (SSSR count). The van der Waals surface area contributed by atoms with E-state index in [1.807, 2.05) is 6.92 Å². The number of rotatable bonds is 3. The Morgan fingerprint density at radius 2 is 1.75 bits per heavy atom. The number of nitrogens with zero attached hydrogens (tertiary/aromatic N) is 2. The van der Waals surface area contributed by atoms with Crippen molar-refractivity contribution in [3.63, 3.8) is 0 Å². The number of hydrogen-bond acceptors (Lipinski definition) is 3. The first kappa shape index (κ1) is 14.2. The Bertz CT molecular complexity index is 638. The van der Waals surface area contributed by atoms with Gasteiger partial charge < -0.3 is 0 Å². The third-order valence-corrected chi connectivity index (χ3v) is 2.90. The predicted molar refractivity (Wildman–Crippen MR) is 66.3 cm³/mol. The average Bonchev–Trinajstić information content (AvgIpc) is 2.45. The number of ketones is 1. The smallest absolute Gasteiger partial charge is 0.289 e. The second-order valence-electron chi connectivity index (χ2n) is 4.13. The molecule has 3 nitrogen and oxygen atoms in total. The fourth-order valence-corrected chi connectivity index (χ4v) is 1.90. The number of halogens is 3. The first-order valence-electron chi connectivity index (χ1n) is 5.94. The SMILES string of the molecule is CCc1cnccc1C(=O)c1cnccc1C(F)(F)F. The highest BCUT2D eigenvalue weighted by atomic mass is 19.4. The highest BCUT2D eigenvalue weighted by Gasteiger charge is 2.35. The molecule has 0 spiro atoms. The number of aryl methyl sites for hydroxylation is 1. The van der Waals surface area contributed by atoms with Gasteiger partial charge in [0, 0.05) is 30.4 Å². The summed E-state index contributed by atoms with van der Waals surface area (Å²) < 4.78 is 38.7. The Morgan fingerprint density at radius 3 is 2.40 bits per heavy atom. The van der Waals surface area contributed by atoms with Gasteiger partial charge in [-0.25, -0.2) is 0 Å². The Kier molecular flexibility index (Phi) is 3.83. The molecule has 0 aliphatic carbocycles. The highest BCUT2D eigenvalue weighted by molar-refractivity contribution is 6.10. The van der Waals surface area contributed by atoms with Gasteiger partial charge >= 0.3 is 6.18 Å². The summed E-state index contributed by atoms with van der Waals surface area (Å²) in [6.07, 6.45) is 0.759. The fourth-order valence-electron chi connectivity index (χ4n) is 1.90. The van der Waals surface area contributed by atoms with Crippen molar-refractivity contribution >= 4 is 5.78 Å². The zero-order valence-electron chi connectivity index (χ0n) is 10.6. The zero-order chi connectivity index (χ0) is 14.8. The van der Waals surface area contributed by atoms with Crippen molar-refractivity contribution in [3.05, 3.63) is 59.2 Å². The second-order valence-corrected chi connectivity index (χ2v) is 4.13. The molecule has 2 heterocycles. The normalized spacial score (nSPS) is 11.4. The molecule has 0 amide bonds. The number of hydrogen-bond donors (Lipinski definition) is 0. The van der Waals surface area contributed by atoms with Gasteiger partial charge in [-0.3, -0.25) is 14.8 Å². The number of carbonyl (C=O) groups is 1. The molecule has 0 aliphatic rings. The molecule has 104 valence electrons. The van der Waals surface area contributed by atoms with Crippen LogP contribution in [-0.2, 0) is 12.6 Å². The first-order chi connectivity index (χ1) is 9.45. The topological polar surface area (TPSA) is 42.9 Å². The lowest BCUT2D eigenvalue weighted by atomic mass is 9.96. The van der Waals surface area contributed by atoms with Crippen LogP contribution in [0.25, 0.3) is 0 Å². The largest absolute Gasteiger partial charge is 0.417 e. The molecule has 20 heavy (non-hydrogen) atoms. The van der Waals surface area contributed by atoms with Crippen LogP contribution in [0.1, 0.15) is 34.0 Å². The van der Waals surface area contributed by atoms with Crippen LogP contribution in [0.3, 0.4) is 0 Å². The lowest BCUT2D eigenvalue weighted by Gasteiger charge is -2.12. The summed E-state index contributed by atoms with van der Waals surface area (Å²) >= 11 is 0. The third-order valence-electron chi connectivity index (χ3n) is 2.90. The summed E-state index contributed by atoms with van der Waals surface area (Å²) in [5.74, 6) is -0.690. The molecule has 0 atom stereocenters. The van der Waals surface area contributed by atoms with Crippen LogP contribution in [0, 0.1) is 0 Å². The third kappa shape index (κ3) is 2.68. The van der Waals surface area contributed by atoms with Gasteiger partial charge in [0.1, 0.15) is 0 Å². The van der Waals surface area contributed by atoms with Crippen LogP contribution >= 0.6 is 0 Å². The average molecular weight is 280 g/mol. The van der Waals surface area contributed by atoms with Crippen molar-refractivity contribution in [3.8, 4) is 0 Å². The Balaban J connectivity index is 2.55. The van der Waals surface area contributed by atoms with Gasteiger partial charge in [-0.1, -0.05) is 6.92 Å². The van der Waals surface area contributed by atoms with Crippen LogP contribution in [0.4, 0.5) is 13.2 Å². The zero-order valence-corrected chi connectivity index (χ0v) is 10.6. The second kappa shape index (κ2) is 5.40. The standard InChI is InChI=1S/C14H11F3N2O/c1-2-9-7-18-5-3-10(9)13(20)11-8-19-6-4-12(11)14(15,16)17/h3-8H,2H2,1H3. The first-order valence-corrected chi connectivity index (χ1v) is 5.94. The maximum Gasteiger partial charge on any atom is 0.417 e. The van der Waals surface area contributed by atoms with Crippen molar-refractivity contribution in [2.24, 2.45) is 0 Å². The lowest BCUT2D eigenvalue weighted by Crippen LogP contribution is -2.15. The van der Waals surface area contributed by atoms with Crippen LogP contribution in [0.2, 0.25) is 0 Å². The van der Waals surface area contributed by atoms with Crippen LogP contribution in [0.15, 0.2) is 36.9 Å². The van der Waals surface area contributed by atoms with E-state index in [1.165, 1.54) is 18.5 Å². The minimum Gasteiger partial charge on any atom is -0.289 e. The maximum absolute atomic E-state index is 12.9. The van der Waals surface area contributed by atoms with Gasteiger partial charge in [-0.15, -0.1) is 0 Å². The highest BCUT2D eigenvalue weighted by Crippen LogP contribution is 2.32. The van der Waals surface area contributed by atoms with E-state index in [1.54, 1.807) is 0 Å². The van der Waals surface area contributed by atoms with E-state index >= 15 is 0 Å². The van der Waals surface area contributed by atoms with Crippen molar-refractivity contribution in [2.75, 3.05) is 0 Å². The van der Waals surface area contributed by atoms with Gasteiger partial charge in [-0.05, 0) is 24.1 Å². The molecule has 0 aromatic carbocycles. The van der Waals surface area contributed by atoms with Crippen molar-refractivity contribution < 1.29 is 18.0 Å². The molecule has 2 aromatic rings. The molecule has 0 saturated carbocycles. The van der Waals surface area contributed by atoms with E-state index in [9.17, 15) is 18.0 Å². The Hall–Kier alpha value is -2.24. The van der Waals surface area contributed by atoms with E-state index in [2.05, 4.69) is 9.97 Å². The van der Waals surface area contributed by atoms with Gasteiger partial charge in [0.2, 0.25) is 0 Å². The van der Waals surface area contributed by atoms with E-state index in [4.69, 9.17) is 0 Å². The number of alkyl halides is 3. The minimum absolute atomic E-state index is 0.223. The summed E-state index contributed by atoms with van der Waals surface area (Å²) in [5, 5.41) is 0. The van der Waals surface area contributed by atoms with Crippen molar-refractivity contribution in [1.29, 1.82) is 0 Å². The molecule has 0 fully saturated rings. The van der Waals surface area contributed by atoms with Crippen molar-refractivity contribution in [2.45, 2.75) is 19.5 Å². The summed E-state index contributed by atoms with van der Waals surface area (Å²) in [7, 11) is 0. The molecule has 0 radical (unpaired) electrons. The molecular formula is C14H11F3N2O. The predicted octanol–water partition coefficient (Wildman–Crippen LogP) is 3.29. The Morgan fingerprint density at radius 1 is 1.10 bits per heavy atom. The molecule has 0 N–H and O–H groups in total. The lowest BCUT2D eigenvalue weighted by molar-refractivity contribution is -0.137. The quantitative estimate of drug-likeness (QED) is 0.810. The van der Waals surface area contributed by atoms with Gasteiger partial charge in [-0.2, -0.15) is 13.2 Å².